The molecule has 0 saturated heterocycles. The zero-order valence-electron chi connectivity index (χ0n) is 12.5. The number of carbonyl (C=O) groups excluding carboxylic acids is 1. The first-order valence-corrected chi connectivity index (χ1v) is 7.13. The predicted molar refractivity (Wildman–Crippen MR) is 81.0 cm³/mol. The van der Waals surface area contributed by atoms with E-state index in [4.69, 9.17) is 14.2 Å². The minimum absolute atomic E-state index is 0.158. The van der Waals surface area contributed by atoms with Crippen molar-refractivity contribution in [1.82, 2.24) is 5.32 Å². The van der Waals surface area contributed by atoms with Crippen molar-refractivity contribution >= 4 is 5.91 Å². The molecule has 1 heterocycles. The molecule has 23 heavy (non-hydrogen) atoms. The number of rotatable bonds is 5. The summed E-state index contributed by atoms with van der Waals surface area (Å²) in [7, 11) is 1.52. The summed E-state index contributed by atoms with van der Waals surface area (Å²) in [6.45, 7) is 0.388. The Hall–Kier alpha value is -2.60. The van der Waals surface area contributed by atoms with Crippen LogP contribution in [0.1, 0.15) is 22.0 Å². The summed E-state index contributed by atoms with van der Waals surface area (Å²) in [6.07, 6.45) is -0.427. The molecule has 5 nitrogen and oxygen atoms in total. The summed E-state index contributed by atoms with van der Waals surface area (Å²) in [5, 5.41) is 2.78. The van der Waals surface area contributed by atoms with E-state index in [9.17, 15) is 9.18 Å². The molecule has 120 valence electrons. The smallest absolute Gasteiger partial charge is 0.251 e. The van der Waals surface area contributed by atoms with Gasteiger partial charge in [0.2, 0.25) is 6.79 Å². The summed E-state index contributed by atoms with van der Waals surface area (Å²) < 4.78 is 29.1. The third-order valence-corrected chi connectivity index (χ3v) is 3.59. The van der Waals surface area contributed by atoms with Gasteiger partial charge in [-0.05, 0) is 35.9 Å². The first-order chi connectivity index (χ1) is 11.2. The highest BCUT2D eigenvalue weighted by molar-refractivity contribution is 5.94. The van der Waals surface area contributed by atoms with Crippen LogP contribution < -0.4 is 14.8 Å². The van der Waals surface area contributed by atoms with Crippen molar-refractivity contribution in [3.8, 4) is 11.5 Å². The second-order valence-corrected chi connectivity index (χ2v) is 5.06. The molecule has 0 bridgehead atoms. The van der Waals surface area contributed by atoms with E-state index in [1.807, 2.05) is 0 Å². The number of carbonyl (C=O) groups is 1. The van der Waals surface area contributed by atoms with E-state index >= 15 is 0 Å². The van der Waals surface area contributed by atoms with Gasteiger partial charge in [0.1, 0.15) is 5.82 Å². The van der Waals surface area contributed by atoms with Crippen LogP contribution in [0, 0.1) is 5.82 Å². The molecular weight excluding hydrogens is 301 g/mol. The van der Waals surface area contributed by atoms with Gasteiger partial charge in [0, 0.05) is 19.2 Å². The molecule has 1 aliphatic heterocycles. The molecular formula is C17H16FNO4. The Morgan fingerprint density at radius 2 is 2.09 bits per heavy atom. The summed E-state index contributed by atoms with van der Waals surface area (Å²) >= 11 is 0. The fourth-order valence-electron chi connectivity index (χ4n) is 2.37. The maximum Gasteiger partial charge on any atom is 0.251 e. The molecule has 2 aromatic rings. The van der Waals surface area contributed by atoms with Gasteiger partial charge in [-0.2, -0.15) is 0 Å². The van der Waals surface area contributed by atoms with Crippen molar-refractivity contribution in [1.29, 1.82) is 0 Å². The van der Waals surface area contributed by atoms with Crippen LogP contribution in [0.3, 0.4) is 0 Å². The monoisotopic (exact) mass is 317 g/mol. The van der Waals surface area contributed by atoms with Crippen LogP contribution in [-0.4, -0.2) is 26.4 Å². The van der Waals surface area contributed by atoms with Gasteiger partial charge in [0.25, 0.3) is 5.91 Å². The zero-order valence-corrected chi connectivity index (χ0v) is 12.5. The van der Waals surface area contributed by atoms with Gasteiger partial charge in [-0.25, -0.2) is 4.39 Å². The van der Waals surface area contributed by atoms with E-state index in [0.717, 1.165) is 0 Å². The molecule has 1 atom stereocenters. The Bertz CT molecular complexity index is 719. The average Bonchev–Trinajstić information content (AvgIpc) is 3.03. The third-order valence-electron chi connectivity index (χ3n) is 3.59. The number of nitrogens with one attached hydrogen (secondary N) is 1. The minimum Gasteiger partial charge on any atom is -0.454 e. The summed E-state index contributed by atoms with van der Waals surface area (Å²) in [5.74, 6) is 0.565. The first-order valence-electron chi connectivity index (χ1n) is 7.13. The molecule has 6 heteroatoms. The maximum absolute atomic E-state index is 13.3. The minimum atomic E-state index is -0.427. The fraction of sp³-hybridized carbons (Fsp3) is 0.235. The largest absolute Gasteiger partial charge is 0.454 e. The number of amides is 1. The molecule has 3 rings (SSSR count). The molecule has 0 aliphatic carbocycles. The fourth-order valence-corrected chi connectivity index (χ4v) is 2.37. The standard InChI is InChI=1S/C17H16FNO4/c1-21-16(11-3-2-4-13(18)7-11)9-19-17(20)12-5-6-14-15(8-12)23-10-22-14/h2-8,16H,9-10H2,1H3,(H,19,20)/t16-/m0/s1. The molecule has 0 radical (unpaired) electrons. The SMILES string of the molecule is CO[C@@H](CNC(=O)c1ccc2c(c1)OCO2)c1cccc(F)c1. The van der Waals surface area contributed by atoms with Crippen molar-refractivity contribution in [2.24, 2.45) is 0 Å². The number of fused-ring (bicyclic) bond motifs is 1. The Kier molecular flexibility index (Phi) is 4.43. The number of methoxy groups -OCH3 is 1. The average molecular weight is 317 g/mol. The molecule has 1 amide bonds. The third kappa shape index (κ3) is 3.43. The van der Waals surface area contributed by atoms with Crippen LogP contribution >= 0.6 is 0 Å². The van der Waals surface area contributed by atoms with Gasteiger partial charge in [-0.15, -0.1) is 0 Å². The van der Waals surface area contributed by atoms with Crippen LogP contribution in [0.2, 0.25) is 0 Å². The van der Waals surface area contributed by atoms with Crippen LogP contribution in [0.4, 0.5) is 4.39 Å². The summed E-state index contributed by atoms with van der Waals surface area (Å²) in [6, 6.07) is 11.1. The zero-order chi connectivity index (χ0) is 16.2. The van der Waals surface area contributed by atoms with Crippen molar-refractivity contribution < 1.29 is 23.4 Å². The first kappa shape index (κ1) is 15.3. The molecule has 0 aromatic heterocycles. The topological polar surface area (TPSA) is 56.8 Å². The Labute approximate surface area is 133 Å². The Morgan fingerprint density at radius 3 is 2.87 bits per heavy atom. The van der Waals surface area contributed by atoms with Gasteiger partial charge < -0.3 is 19.5 Å². The molecule has 0 saturated carbocycles. The van der Waals surface area contributed by atoms with Crippen molar-refractivity contribution in [2.45, 2.75) is 6.10 Å². The van der Waals surface area contributed by atoms with Gasteiger partial charge >= 0.3 is 0 Å². The normalized spacial score (nSPS) is 13.7. The number of halogens is 1. The highest BCUT2D eigenvalue weighted by atomic mass is 19.1. The summed E-state index contributed by atoms with van der Waals surface area (Å²) in [4.78, 5) is 12.2. The highest BCUT2D eigenvalue weighted by Crippen LogP contribution is 2.32. The summed E-state index contributed by atoms with van der Waals surface area (Å²) in [5.41, 5.74) is 1.13. The lowest BCUT2D eigenvalue weighted by atomic mass is 10.1. The van der Waals surface area contributed by atoms with Crippen molar-refractivity contribution in [3.05, 3.63) is 59.4 Å². The van der Waals surface area contributed by atoms with E-state index < -0.39 is 6.10 Å². The second-order valence-electron chi connectivity index (χ2n) is 5.06. The number of benzene rings is 2. The Balaban J connectivity index is 1.65. The second kappa shape index (κ2) is 6.66. The Morgan fingerprint density at radius 1 is 1.26 bits per heavy atom. The lowest BCUT2D eigenvalue weighted by Crippen LogP contribution is -2.29. The number of hydrogen-bond acceptors (Lipinski definition) is 4. The van der Waals surface area contributed by atoms with Crippen molar-refractivity contribution in [3.63, 3.8) is 0 Å². The van der Waals surface area contributed by atoms with Gasteiger partial charge in [0.05, 0.1) is 6.10 Å². The van der Waals surface area contributed by atoms with E-state index in [-0.39, 0.29) is 25.1 Å². The van der Waals surface area contributed by atoms with Crippen LogP contribution in [0.25, 0.3) is 0 Å². The van der Waals surface area contributed by atoms with E-state index in [1.54, 1.807) is 30.3 Å². The lowest BCUT2D eigenvalue weighted by Gasteiger charge is -2.16. The van der Waals surface area contributed by atoms with Crippen LogP contribution in [0.5, 0.6) is 11.5 Å². The molecule has 0 fully saturated rings. The van der Waals surface area contributed by atoms with Crippen molar-refractivity contribution in [2.75, 3.05) is 20.4 Å². The quantitative estimate of drug-likeness (QED) is 0.921. The molecule has 2 aromatic carbocycles. The van der Waals surface area contributed by atoms with Crippen LogP contribution in [0.15, 0.2) is 42.5 Å². The van der Waals surface area contributed by atoms with Crippen LogP contribution in [-0.2, 0) is 4.74 Å². The van der Waals surface area contributed by atoms with Gasteiger partial charge in [-0.1, -0.05) is 12.1 Å². The number of hydrogen-bond donors (Lipinski definition) is 1. The molecule has 1 aliphatic rings. The van der Waals surface area contributed by atoms with E-state index in [1.165, 1.54) is 19.2 Å². The predicted octanol–water partition coefficient (Wildman–Crippen LogP) is 2.67. The molecule has 0 spiro atoms. The van der Waals surface area contributed by atoms with E-state index in [2.05, 4.69) is 5.32 Å². The van der Waals surface area contributed by atoms with E-state index in [0.29, 0.717) is 22.6 Å². The molecule has 0 unspecified atom stereocenters. The van der Waals surface area contributed by atoms with Gasteiger partial charge in [-0.3, -0.25) is 4.79 Å². The highest BCUT2D eigenvalue weighted by Gasteiger charge is 2.17. The lowest BCUT2D eigenvalue weighted by molar-refractivity contribution is 0.0827. The molecule has 1 N–H and O–H groups in total. The maximum atomic E-state index is 13.3. The van der Waals surface area contributed by atoms with Gasteiger partial charge in [0.15, 0.2) is 11.5 Å². The number of ether oxygens (including phenoxy) is 3.